The van der Waals surface area contributed by atoms with E-state index in [9.17, 15) is 4.79 Å². The van der Waals surface area contributed by atoms with Gasteiger partial charge in [0.1, 0.15) is 0 Å². The Balaban J connectivity index is 2.57. The summed E-state index contributed by atoms with van der Waals surface area (Å²) in [4.78, 5) is 11.7. The Morgan fingerprint density at radius 2 is 2.21 bits per heavy atom. The summed E-state index contributed by atoms with van der Waals surface area (Å²) in [7, 11) is 0. The third-order valence-corrected chi connectivity index (χ3v) is 2.03. The van der Waals surface area contributed by atoms with Gasteiger partial charge in [0, 0.05) is 12.7 Å². The number of pyridine rings is 1. The van der Waals surface area contributed by atoms with Crippen molar-refractivity contribution in [2.45, 2.75) is 20.4 Å². The highest BCUT2D eigenvalue weighted by Crippen LogP contribution is 1.98. The van der Waals surface area contributed by atoms with Gasteiger partial charge in [-0.25, -0.2) is 9.48 Å². The molecule has 74 valence electrons. The second-order valence-corrected chi connectivity index (χ2v) is 3.79. The molecule has 0 aromatic carbocycles. The van der Waals surface area contributed by atoms with Crippen LogP contribution in [0.5, 0.6) is 0 Å². The topological polar surface area (TPSA) is 39.3 Å². The van der Waals surface area contributed by atoms with Crippen LogP contribution in [-0.2, 0) is 6.54 Å². The van der Waals surface area contributed by atoms with Crippen molar-refractivity contribution in [3.05, 3.63) is 34.9 Å². The van der Waals surface area contributed by atoms with Crippen molar-refractivity contribution < 1.29 is 0 Å². The van der Waals surface area contributed by atoms with E-state index in [0.717, 1.165) is 0 Å². The Morgan fingerprint density at radius 3 is 2.86 bits per heavy atom. The molecule has 0 saturated carbocycles. The molecule has 0 amide bonds. The molecule has 2 rings (SSSR count). The van der Waals surface area contributed by atoms with Crippen LogP contribution in [0.1, 0.15) is 13.8 Å². The van der Waals surface area contributed by atoms with E-state index in [2.05, 4.69) is 18.9 Å². The first kappa shape index (κ1) is 8.99. The fraction of sp³-hybridized carbons (Fsp3) is 0.400. The zero-order chi connectivity index (χ0) is 10.1. The summed E-state index contributed by atoms with van der Waals surface area (Å²) < 4.78 is 3.07. The third-order valence-electron chi connectivity index (χ3n) is 2.03. The van der Waals surface area contributed by atoms with Crippen LogP contribution in [0.15, 0.2) is 29.2 Å². The monoisotopic (exact) mass is 191 g/mol. The molecule has 0 aliphatic heterocycles. The molecule has 2 heterocycles. The maximum absolute atomic E-state index is 11.7. The van der Waals surface area contributed by atoms with Gasteiger partial charge in [-0.05, 0) is 18.1 Å². The molecule has 0 atom stereocenters. The average molecular weight is 191 g/mol. The van der Waals surface area contributed by atoms with Crippen LogP contribution in [0.2, 0.25) is 0 Å². The largest absolute Gasteiger partial charge is 0.350 e. The molecule has 0 fully saturated rings. The van der Waals surface area contributed by atoms with Gasteiger partial charge in [-0.2, -0.15) is 0 Å². The minimum absolute atomic E-state index is 0.0608. The van der Waals surface area contributed by atoms with Gasteiger partial charge in [-0.1, -0.05) is 19.9 Å². The first-order valence-electron chi connectivity index (χ1n) is 4.72. The summed E-state index contributed by atoms with van der Waals surface area (Å²) in [5, 5.41) is 4.22. The number of hydrogen-bond donors (Lipinski definition) is 0. The maximum Gasteiger partial charge on any atom is 0.350 e. The van der Waals surface area contributed by atoms with Crippen LogP contribution in [0.4, 0.5) is 0 Å². The van der Waals surface area contributed by atoms with Crippen molar-refractivity contribution in [1.29, 1.82) is 0 Å². The van der Waals surface area contributed by atoms with Gasteiger partial charge in [0.2, 0.25) is 0 Å². The quantitative estimate of drug-likeness (QED) is 0.714. The van der Waals surface area contributed by atoms with Gasteiger partial charge in [0.05, 0.1) is 0 Å². The van der Waals surface area contributed by atoms with E-state index in [1.165, 1.54) is 4.68 Å². The highest BCUT2D eigenvalue weighted by Gasteiger charge is 2.06. The van der Waals surface area contributed by atoms with E-state index < -0.39 is 0 Å². The molecule has 2 aromatic heterocycles. The summed E-state index contributed by atoms with van der Waals surface area (Å²) >= 11 is 0. The molecule has 4 heteroatoms. The van der Waals surface area contributed by atoms with Crippen LogP contribution < -0.4 is 5.69 Å². The van der Waals surface area contributed by atoms with Crippen molar-refractivity contribution in [2.75, 3.05) is 0 Å². The highest BCUT2D eigenvalue weighted by atomic mass is 16.2. The first-order chi connectivity index (χ1) is 6.68. The van der Waals surface area contributed by atoms with Crippen molar-refractivity contribution >= 4 is 5.65 Å². The SMILES string of the molecule is CC(C)Cn1nc2ccccn2c1=O. The predicted molar refractivity (Wildman–Crippen MR) is 54.3 cm³/mol. The highest BCUT2D eigenvalue weighted by molar-refractivity contribution is 5.35. The van der Waals surface area contributed by atoms with Crippen molar-refractivity contribution in [3.63, 3.8) is 0 Å². The number of fused-ring (bicyclic) bond motifs is 1. The van der Waals surface area contributed by atoms with Crippen LogP contribution >= 0.6 is 0 Å². The molecule has 2 aromatic rings. The Kier molecular flexibility index (Phi) is 2.11. The molecular formula is C10H13N3O. The molecule has 14 heavy (non-hydrogen) atoms. The van der Waals surface area contributed by atoms with E-state index in [4.69, 9.17) is 0 Å². The molecule has 0 unspecified atom stereocenters. The molecule has 0 aliphatic rings. The third kappa shape index (κ3) is 1.43. The Hall–Kier alpha value is -1.58. The number of rotatable bonds is 2. The Morgan fingerprint density at radius 1 is 1.43 bits per heavy atom. The van der Waals surface area contributed by atoms with Crippen LogP contribution in [-0.4, -0.2) is 14.2 Å². The molecule has 0 bridgehead atoms. The zero-order valence-electron chi connectivity index (χ0n) is 8.34. The maximum atomic E-state index is 11.7. The second-order valence-electron chi connectivity index (χ2n) is 3.79. The second kappa shape index (κ2) is 3.29. The van der Waals surface area contributed by atoms with Gasteiger partial charge >= 0.3 is 5.69 Å². The Bertz CT molecular complexity index is 495. The van der Waals surface area contributed by atoms with Crippen molar-refractivity contribution in [1.82, 2.24) is 14.2 Å². The minimum Gasteiger partial charge on any atom is -0.250 e. The normalized spacial score (nSPS) is 11.4. The molecule has 0 N–H and O–H groups in total. The van der Waals surface area contributed by atoms with E-state index in [1.807, 2.05) is 18.2 Å². The van der Waals surface area contributed by atoms with Crippen LogP contribution in [0.25, 0.3) is 5.65 Å². The lowest BCUT2D eigenvalue weighted by Crippen LogP contribution is -2.23. The predicted octanol–water partition coefficient (Wildman–Crippen LogP) is 1.15. The van der Waals surface area contributed by atoms with Gasteiger partial charge in [0.15, 0.2) is 5.65 Å². The average Bonchev–Trinajstić information content (AvgIpc) is 2.44. The summed E-state index contributed by atoms with van der Waals surface area (Å²) in [6.07, 6.45) is 1.74. The fourth-order valence-electron chi connectivity index (χ4n) is 1.43. The molecule has 4 nitrogen and oxygen atoms in total. The lowest BCUT2D eigenvalue weighted by molar-refractivity contribution is 0.471. The molecule has 0 spiro atoms. The lowest BCUT2D eigenvalue weighted by atomic mass is 10.2. The molecule has 0 aliphatic carbocycles. The van der Waals surface area contributed by atoms with Gasteiger partial charge in [0.25, 0.3) is 0 Å². The van der Waals surface area contributed by atoms with E-state index >= 15 is 0 Å². The standard InChI is InChI=1S/C10H13N3O/c1-8(2)7-13-10(14)12-6-4-3-5-9(12)11-13/h3-6,8H,7H2,1-2H3. The Labute approximate surface area is 81.8 Å². The van der Waals surface area contributed by atoms with E-state index in [1.54, 1.807) is 10.6 Å². The fourth-order valence-corrected chi connectivity index (χ4v) is 1.43. The van der Waals surface area contributed by atoms with Gasteiger partial charge < -0.3 is 0 Å². The molecular weight excluding hydrogens is 178 g/mol. The van der Waals surface area contributed by atoms with Gasteiger partial charge in [-0.3, -0.25) is 4.40 Å². The molecule has 0 saturated heterocycles. The van der Waals surface area contributed by atoms with E-state index in [-0.39, 0.29) is 5.69 Å². The summed E-state index contributed by atoms with van der Waals surface area (Å²) in [5.41, 5.74) is 0.646. The van der Waals surface area contributed by atoms with Crippen LogP contribution in [0, 0.1) is 5.92 Å². The number of nitrogens with zero attached hydrogens (tertiary/aromatic N) is 3. The van der Waals surface area contributed by atoms with Gasteiger partial charge in [-0.15, -0.1) is 5.10 Å². The number of hydrogen-bond acceptors (Lipinski definition) is 2. The molecule has 0 radical (unpaired) electrons. The lowest BCUT2D eigenvalue weighted by Gasteiger charge is -2.00. The number of aromatic nitrogens is 3. The van der Waals surface area contributed by atoms with E-state index in [0.29, 0.717) is 18.1 Å². The zero-order valence-corrected chi connectivity index (χ0v) is 8.34. The smallest absolute Gasteiger partial charge is 0.250 e. The first-order valence-corrected chi connectivity index (χ1v) is 4.72. The summed E-state index contributed by atoms with van der Waals surface area (Å²) in [6.45, 7) is 4.80. The van der Waals surface area contributed by atoms with Crippen LogP contribution in [0.3, 0.4) is 0 Å². The summed E-state index contributed by atoms with van der Waals surface area (Å²) in [6, 6.07) is 5.54. The minimum atomic E-state index is -0.0608. The van der Waals surface area contributed by atoms with Crippen molar-refractivity contribution in [2.24, 2.45) is 5.92 Å². The van der Waals surface area contributed by atoms with Crippen molar-refractivity contribution in [3.8, 4) is 0 Å². The summed E-state index contributed by atoms with van der Waals surface area (Å²) in [5.74, 6) is 0.428.